The lowest BCUT2D eigenvalue weighted by molar-refractivity contribution is 0.102. The molecule has 3 aromatic rings. The zero-order valence-electron chi connectivity index (χ0n) is 19.5. The van der Waals surface area contributed by atoms with Crippen molar-refractivity contribution >= 4 is 11.6 Å². The van der Waals surface area contributed by atoms with E-state index in [4.69, 9.17) is 10.5 Å². The molecule has 1 aromatic carbocycles. The Bertz CT molecular complexity index is 1230. The number of anilines is 1. The fourth-order valence-corrected chi connectivity index (χ4v) is 4.72. The van der Waals surface area contributed by atoms with Crippen molar-refractivity contribution in [3.63, 3.8) is 0 Å². The first-order valence-corrected chi connectivity index (χ1v) is 11.6. The highest BCUT2D eigenvalue weighted by atomic mass is 19.1. The van der Waals surface area contributed by atoms with Crippen molar-refractivity contribution in [3.05, 3.63) is 71.4 Å². The lowest BCUT2D eigenvalue weighted by Crippen LogP contribution is -2.31. The number of carbonyl (C=O) groups is 1. The Morgan fingerprint density at radius 3 is 2.63 bits per heavy atom. The number of nitrogens with two attached hydrogens (primary N) is 1. The molecule has 6 nitrogen and oxygen atoms in total. The van der Waals surface area contributed by atoms with E-state index in [1.54, 1.807) is 13.1 Å². The minimum Gasteiger partial charge on any atom is -0.491 e. The second-order valence-electron chi connectivity index (χ2n) is 8.88. The third-order valence-corrected chi connectivity index (χ3v) is 6.19. The van der Waals surface area contributed by atoms with Crippen molar-refractivity contribution in [1.82, 2.24) is 9.97 Å². The Balaban J connectivity index is 1.65. The average Bonchev–Trinajstić information content (AvgIpc) is 2.82. The molecule has 1 amide bonds. The van der Waals surface area contributed by atoms with E-state index >= 15 is 0 Å². The van der Waals surface area contributed by atoms with Gasteiger partial charge in [0.15, 0.2) is 11.6 Å². The summed E-state index contributed by atoms with van der Waals surface area (Å²) in [5, 5.41) is 2.77. The first-order valence-electron chi connectivity index (χ1n) is 11.6. The zero-order chi connectivity index (χ0) is 25.1. The molecule has 0 bridgehead atoms. The molecule has 184 valence electrons. The first kappa shape index (κ1) is 24.7. The lowest BCUT2D eigenvalue weighted by atomic mass is 9.76. The van der Waals surface area contributed by atoms with E-state index in [-0.39, 0.29) is 30.0 Å². The predicted octanol–water partition coefficient (Wildman–Crippen LogP) is 5.44. The van der Waals surface area contributed by atoms with Crippen LogP contribution in [0.1, 0.15) is 55.1 Å². The molecule has 1 aliphatic rings. The number of benzene rings is 1. The first-order chi connectivity index (χ1) is 16.8. The number of nitrogens with zero attached hydrogens (tertiary/aromatic N) is 2. The monoisotopic (exact) mass is 484 g/mol. The molecule has 4 rings (SSSR count). The van der Waals surface area contributed by atoms with Gasteiger partial charge in [-0.1, -0.05) is 6.92 Å². The fourth-order valence-electron chi connectivity index (χ4n) is 4.72. The van der Waals surface area contributed by atoms with Gasteiger partial charge >= 0.3 is 0 Å². The number of amides is 1. The maximum Gasteiger partial charge on any atom is 0.274 e. The third kappa shape index (κ3) is 5.30. The highest BCUT2D eigenvalue weighted by Gasteiger charge is 2.28. The van der Waals surface area contributed by atoms with Crippen molar-refractivity contribution < 1.29 is 22.7 Å². The smallest absolute Gasteiger partial charge is 0.274 e. The van der Waals surface area contributed by atoms with Crippen molar-refractivity contribution in [2.45, 2.75) is 45.1 Å². The molecule has 0 spiro atoms. The topological polar surface area (TPSA) is 90.1 Å². The van der Waals surface area contributed by atoms with Gasteiger partial charge in [-0.3, -0.25) is 9.78 Å². The molecule has 1 aliphatic carbocycles. The lowest BCUT2D eigenvalue weighted by Gasteiger charge is -2.32. The van der Waals surface area contributed by atoms with Crippen molar-refractivity contribution in [2.75, 3.05) is 11.9 Å². The van der Waals surface area contributed by atoms with Crippen LogP contribution in [-0.2, 0) is 0 Å². The van der Waals surface area contributed by atoms with Crippen LogP contribution in [-0.4, -0.2) is 28.5 Å². The summed E-state index contributed by atoms with van der Waals surface area (Å²) < 4.78 is 49.2. The van der Waals surface area contributed by atoms with Crippen molar-refractivity contribution in [3.8, 4) is 17.0 Å². The summed E-state index contributed by atoms with van der Waals surface area (Å²) in [4.78, 5) is 21.1. The van der Waals surface area contributed by atoms with Crippen LogP contribution in [0.15, 0.2) is 42.7 Å². The summed E-state index contributed by atoms with van der Waals surface area (Å²) in [7, 11) is 0. The van der Waals surface area contributed by atoms with E-state index in [0.29, 0.717) is 11.6 Å². The number of hydrogen-bond donors (Lipinski definition) is 2. The number of rotatable bonds is 6. The van der Waals surface area contributed by atoms with E-state index in [9.17, 15) is 18.0 Å². The molecule has 1 saturated carbocycles. The summed E-state index contributed by atoms with van der Waals surface area (Å²) in [5.41, 5.74) is 6.09. The molecular weight excluding hydrogens is 457 g/mol. The second-order valence-corrected chi connectivity index (χ2v) is 8.88. The van der Waals surface area contributed by atoms with Gasteiger partial charge in [-0.25, -0.2) is 18.2 Å². The number of hydrogen-bond acceptors (Lipinski definition) is 5. The van der Waals surface area contributed by atoms with E-state index in [2.05, 4.69) is 22.2 Å². The average molecular weight is 485 g/mol. The van der Waals surface area contributed by atoms with Gasteiger partial charge in [-0.15, -0.1) is 0 Å². The number of nitrogens with one attached hydrogen (secondary N) is 1. The number of carbonyl (C=O) groups excluding carboxylic acids is 1. The van der Waals surface area contributed by atoms with Gasteiger partial charge in [0.2, 0.25) is 0 Å². The summed E-state index contributed by atoms with van der Waals surface area (Å²) >= 11 is 0. The Morgan fingerprint density at radius 1 is 1.11 bits per heavy atom. The summed E-state index contributed by atoms with van der Waals surface area (Å²) in [6, 6.07) is 6.11. The molecule has 9 heteroatoms. The Hall–Kier alpha value is -3.46. The molecule has 1 fully saturated rings. The molecule has 3 N–H and O–H groups in total. The Kier molecular flexibility index (Phi) is 7.35. The van der Waals surface area contributed by atoms with Crippen LogP contribution in [0, 0.1) is 23.4 Å². The molecule has 35 heavy (non-hydrogen) atoms. The molecule has 3 atom stereocenters. The molecule has 2 aromatic heterocycles. The Morgan fingerprint density at radius 2 is 1.89 bits per heavy atom. The molecule has 0 saturated heterocycles. The quantitative estimate of drug-likeness (QED) is 0.486. The van der Waals surface area contributed by atoms with Crippen LogP contribution < -0.4 is 15.8 Å². The highest BCUT2D eigenvalue weighted by molar-refractivity contribution is 6.03. The van der Waals surface area contributed by atoms with E-state index < -0.39 is 34.6 Å². The van der Waals surface area contributed by atoms with E-state index in [0.717, 1.165) is 49.1 Å². The fraction of sp³-hybridized carbons (Fsp3) is 0.346. The number of aromatic nitrogens is 2. The Labute approximate surface area is 201 Å². The summed E-state index contributed by atoms with van der Waals surface area (Å²) in [6.45, 7) is 3.92. The van der Waals surface area contributed by atoms with Crippen LogP contribution in [0.5, 0.6) is 5.75 Å². The molecule has 2 heterocycles. The van der Waals surface area contributed by atoms with Gasteiger partial charge in [0.05, 0.1) is 24.1 Å². The largest absolute Gasteiger partial charge is 0.491 e. The maximum atomic E-state index is 14.9. The predicted molar refractivity (Wildman–Crippen MR) is 127 cm³/mol. The maximum absolute atomic E-state index is 14.9. The van der Waals surface area contributed by atoms with Crippen molar-refractivity contribution in [2.24, 2.45) is 11.7 Å². The highest BCUT2D eigenvalue weighted by Crippen LogP contribution is 2.38. The van der Waals surface area contributed by atoms with Crippen LogP contribution in [0.2, 0.25) is 0 Å². The molecule has 0 aliphatic heterocycles. The van der Waals surface area contributed by atoms with E-state index in [1.165, 1.54) is 6.20 Å². The summed E-state index contributed by atoms with van der Waals surface area (Å²) in [6.07, 6.45) is 5.84. The number of pyridine rings is 2. The van der Waals surface area contributed by atoms with Crippen LogP contribution in [0.4, 0.5) is 18.9 Å². The van der Waals surface area contributed by atoms with Gasteiger partial charge < -0.3 is 15.8 Å². The van der Waals surface area contributed by atoms with Crippen molar-refractivity contribution in [1.29, 1.82) is 0 Å². The van der Waals surface area contributed by atoms with Crippen LogP contribution >= 0.6 is 0 Å². The standard InChI is InChI=1S/C26H27F3N4O2/c1-3-35-22-7-5-18(27)23(24(22)29)25-19(28)4-6-20(32-25)26(34)33-21-13-31-9-8-17(21)15-10-14(2)11-16(30)12-15/h4-9,13-16H,3,10-12,30H2,1-2H3,(H,33,34)/t14-,15+,16-/m0/s1. The van der Waals surface area contributed by atoms with Crippen LogP contribution in [0.25, 0.3) is 11.3 Å². The van der Waals surface area contributed by atoms with Gasteiger partial charge in [-0.05, 0) is 73.9 Å². The van der Waals surface area contributed by atoms with Gasteiger partial charge in [-0.2, -0.15) is 0 Å². The molecule has 0 unspecified atom stereocenters. The van der Waals surface area contributed by atoms with Gasteiger partial charge in [0.1, 0.15) is 23.0 Å². The minimum absolute atomic E-state index is 0.0686. The third-order valence-electron chi connectivity index (χ3n) is 6.19. The minimum atomic E-state index is -1.09. The van der Waals surface area contributed by atoms with E-state index in [1.807, 2.05) is 6.07 Å². The van der Waals surface area contributed by atoms with Crippen LogP contribution in [0.3, 0.4) is 0 Å². The number of halogens is 3. The second kappa shape index (κ2) is 10.4. The molecule has 0 radical (unpaired) electrons. The van der Waals surface area contributed by atoms with Gasteiger partial charge in [0, 0.05) is 12.2 Å². The number of ether oxygens (including phenoxy) is 1. The SMILES string of the molecule is CCOc1ccc(F)c(-c2nc(C(=O)Nc3cnccc3[C@@H]3C[C@H](C)C[C@H](N)C3)ccc2F)c1F. The van der Waals surface area contributed by atoms with Gasteiger partial charge in [0.25, 0.3) is 5.91 Å². The summed E-state index contributed by atoms with van der Waals surface area (Å²) in [5.74, 6) is -3.39. The normalized spacial score (nSPS) is 19.9. The zero-order valence-corrected chi connectivity index (χ0v) is 19.5. The molecular formula is C26H27F3N4O2.